The maximum atomic E-state index is 11.1. The molecule has 0 spiro atoms. The summed E-state index contributed by atoms with van der Waals surface area (Å²) in [5.74, 6) is 0. The van der Waals surface area contributed by atoms with E-state index in [1.807, 2.05) is 6.92 Å². The number of carbonyl (C=O) groups excluding carboxylic acids is 1. The van der Waals surface area contributed by atoms with Gasteiger partial charge in [0.15, 0.2) is 0 Å². The fourth-order valence-electron chi connectivity index (χ4n) is 1.94. The first-order valence-electron chi connectivity index (χ1n) is 5.76. The Balaban J connectivity index is 4.38. The highest BCUT2D eigenvalue weighted by atomic mass is 28.4. The minimum absolute atomic E-state index is 0.0240. The highest BCUT2D eigenvalue weighted by molar-refractivity contribution is 6.71. The Morgan fingerprint density at radius 1 is 1.20 bits per heavy atom. The molecule has 15 heavy (non-hydrogen) atoms. The summed E-state index contributed by atoms with van der Waals surface area (Å²) in [5, 5.41) is 0. The zero-order valence-electron chi connectivity index (χ0n) is 10.4. The topological polar surface area (TPSA) is 35.5 Å². The second-order valence-electron chi connectivity index (χ2n) is 3.81. The maximum absolute atomic E-state index is 11.1. The van der Waals surface area contributed by atoms with E-state index in [1.54, 1.807) is 14.2 Å². The lowest BCUT2D eigenvalue weighted by molar-refractivity contribution is -0.108. The van der Waals surface area contributed by atoms with Crippen molar-refractivity contribution >= 4 is 14.8 Å². The van der Waals surface area contributed by atoms with Gasteiger partial charge >= 0.3 is 8.56 Å². The molecule has 0 aliphatic carbocycles. The van der Waals surface area contributed by atoms with E-state index in [1.165, 1.54) is 12.8 Å². The van der Waals surface area contributed by atoms with Gasteiger partial charge in [-0.15, -0.1) is 0 Å². The Morgan fingerprint density at radius 3 is 2.13 bits per heavy atom. The van der Waals surface area contributed by atoms with Crippen LogP contribution in [-0.2, 0) is 13.6 Å². The van der Waals surface area contributed by atoms with Gasteiger partial charge < -0.3 is 13.6 Å². The molecule has 0 aliphatic heterocycles. The first-order chi connectivity index (χ1) is 7.20. The normalized spacial score (nSPS) is 13.9. The molecule has 0 amide bonds. The summed E-state index contributed by atoms with van der Waals surface area (Å²) in [7, 11) is 1.06. The Hall–Kier alpha value is -0.193. The second kappa shape index (κ2) is 8.02. The molecule has 0 heterocycles. The summed E-state index contributed by atoms with van der Waals surface area (Å²) < 4.78 is 11.0. The van der Waals surface area contributed by atoms with Crippen LogP contribution in [0.3, 0.4) is 0 Å². The average Bonchev–Trinajstić information content (AvgIpc) is 2.29. The predicted octanol–water partition coefficient (Wildman–Crippen LogP) is 2.89. The third-order valence-electron chi connectivity index (χ3n) is 3.03. The molecule has 0 radical (unpaired) electrons. The third kappa shape index (κ3) is 4.05. The molecular weight excluding hydrogens is 208 g/mol. The smallest absolute Gasteiger partial charge is 0.347 e. The zero-order chi connectivity index (χ0) is 11.7. The molecule has 0 rings (SSSR count). The van der Waals surface area contributed by atoms with E-state index in [9.17, 15) is 4.79 Å². The van der Waals surface area contributed by atoms with Crippen LogP contribution in [-0.4, -0.2) is 29.1 Å². The molecular formula is C11H24O3Si. The van der Waals surface area contributed by atoms with E-state index in [2.05, 4.69) is 6.92 Å². The summed E-state index contributed by atoms with van der Waals surface area (Å²) in [4.78, 5) is 11.1. The van der Waals surface area contributed by atoms with Crippen molar-refractivity contribution in [3.8, 4) is 0 Å². The van der Waals surface area contributed by atoms with Gasteiger partial charge in [-0.05, 0) is 12.5 Å². The standard InChI is InChI=1S/C11H24O3Si/c1-5-7-8-9-11(10-12)15(6-2,13-3)14-4/h10-11H,5-9H2,1-4H3. The largest absolute Gasteiger partial charge is 0.397 e. The first kappa shape index (κ1) is 14.8. The molecule has 1 unspecified atom stereocenters. The summed E-state index contributed by atoms with van der Waals surface area (Å²) in [6, 6.07) is 0.829. The molecule has 0 saturated heterocycles. The Morgan fingerprint density at radius 2 is 1.80 bits per heavy atom. The molecule has 0 N–H and O–H groups in total. The molecule has 0 fully saturated rings. The number of hydrogen-bond donors (Lipinski definition) is 0. The van der Waals surface area contributed by atoms with E-state index >= 15 is 0 Å². The average molecular weight is 232 g/mol. The Labute approximate surface area is 94.4 Å². The molecule has 90 valence electrons. The van der Waals surface area contributed by atoms with Crippen LogP contribution >= 0.6 is 0 Å². The van der Waals surface area contributed by atoms with E-state index < -0.39 is 8.56 Å². The molecule has 0 aromatic carbocycles. The molecule has 0 aromatic heterocycles. The van der Waals surface area contributed by atoms with Crippen LogP contribution in [0.4, 0.5) is 0 Å². The summed E-state index contributed by atoms with van der Waals surface area (Å²) in [5.41, 5.74) is -0.0240. The van der Waals surface area contributed by atoms with Crippen LogP contribution in [0, 0.1) is 0 Å². The lowest BCUT2D eigenvalue weighted by Gasteiger charge is -2.31. The Kier molecular flexibility index (Phi) is 7.91. The van der Waals surface area contributed by atoms with Crippen LogP contribution in [0.1, 0.15) is 39.5 Å². The van der Waals surface area contributed by atoms with Gasteiger partial charge in [0.1, 0.15) is 6.29 Å². The number of unbranched alkanes of at least 4 members (excludes halogenated alkanes) is 2. The highest BCUT2D eigenvalue weighted by Gasteiger charge is 2.42. The van der Waals surface area contributed by atoms with Gasteiger partial charge in [-0.2, -0.15) is 0 Å². The molecule has 0 bridgehead atoms. The third-order valence-corrected chi connectivity index (χ3v) is 6.95. The molecule has 1 atom stereocenters. The van der Waals surface area contributed by atoms with Gasteiger partial charge in [0.25, 0.3) is 0 Å². The van der Waals surface area contributed by atoms with Crippen LogP contribution in [0.25, 0.3) is 0 Å². The van der Waals surface area contributed by atoms with Crippen molar-refractivity contribution in [3.05, 3.63) is 0 Å². The summed E-state index contributed by atoms with van der Waals surface area (Å²) >= 11 is 0. The van der Waals surface area contributed by atoms with Crippen LogP contribution in [0.15, 0.2) is 0 Å². The van der Waals surface area contributed by atoms with Crippen LogP contribution < -0.4 is 0 Å². The van der Waals surface area contributed by atoms with Crippen molar-refractivity contribution in [2.45, 2.75) is 51.1 Å². The first-order valence-corrected chi connectivity index (χ1v) is 7.86. The van der Waals surface area contributed by atoms with Gasteiger partial charge in [0.2, 0.25) is 0 Å². The fraction of sp³-hybridized carbons (Fsp3) is 0.909. The number of aldehydes is 1. The van der Waals surface area contributed by atoms with Gasteiger partial charge in [-0.25, -0.2) is 0 Å². The van der Waals surface area contributed by atoms with Crippen molar-refractivity contribution in [1.82, 2.24) is 0 Å². The van der Waals surface area contributed by atoms with Gasteiger partial charge in [-0.3, -0.25) is 0 Å². The Bertz CT molecular complexity index is 161. The van der Waals surface area contributed by atoms with Crippen molar-refractivity contribution in [2.24, 2.45) is 0 Å². The predicted molar refractivity (Wildman–Crippen MR) is 64.2 cm³/mol. The van der Waals surface area contributed by atoms with E-state index in [-0.39, 0.29) is 5.54 Å². The van der Waals surface area contributed by atoms with Gasteiger partial charge in [0.05, 0.1) is 5.54 Å². The SMILES string of the molecule is CCCCCC(C=O)[Si](CC)(OC)OC. The van der Waals surface area contributed by atoms with Crippen LogP contribution in [0.2, 0.25) is 11.6 Å². The monoisotopic (exact) mass is 232 g/mol. The molecule has 0 aliphatic rings. The van der Waals surface area contributed by atoms with Crippen molar-refractivity contribution in [1.29, 1.82) is 0 Å². The van der Waals surface area contributed by atoms with Gasteiger partial charge in [0, 0.05) is 14.2 Å². The van der Waals surface area contributed by atoms with Crippen LogP contribution in [0.5, 0.6) is 0 Å². The minimum atomic E-state index is -2.26. The fourth-order valence-corrected chi connectivity index (χ4v) is 4.67. The minimum Gasteiger partial charge on any atom is -0.397 e. The zero-order valence-corrected chi connectivity index (χ0v) is 11.4. The van der Waals surface area contributed by atoms with Crippen molar-refractivity contribution in [3.63, 3.8) is 0 Å². The van der Waals surface area contributed by atoms with E-state index in [0.717, 1.165) is 25.2 Å². The van der Waals surface area contributed by atoms with E-state index in [4.69, 9.17) is 8.85 Å². The molecule has 4 heteroatoms. The summed E-state index contributed by atoms with van der Waals surface area (Å²) in [6.45, 7) is 4.20. The summed E-state index contributed by atoms with van der Waals surface area (Å²) in [6.07, 6.45) is 5.36. The second-order valence-corrected chi connectivity index (χ2v) is 7.70. The van der Waals surface area contributed by atoms with Crippen molar-refractivity contribution in [2.75, 3.05) is 14.2 Å². The maximum Gasteiger partial charge on any atom is 0.347 e. The van der Waals surface area contributed by atoms with Crippen molar-refractivity contribution < 1.29 is 13.6 Å². The number of rotatable bonds is 9. The molecule has 0 aromatic rings. The highest BCUT2D eigenvalue weighted by Crippen LogP contribution is 2.30. The number of carbonyl (C=O) groups is 1. The quantitative estimate of drug-likeness (QED) is 0.348. The lowest BCUT2D eigenvalue weighted by Crippen LogP contribution is -2.45. The molecule has 0 saturated carbocycles. The molecule has 3 nitrogen and oxygen atoms in total. The van der Waals surface area contributed by atoms with Gasteiger partial charge in [-0.1, -0.05) is 33.1 Å². The number of hydrogen-bond acceptors (Lipinski definition) is 3. The van der Waals surface area contributed by atoms with E-state index in [0.29, 0.717) is 0 Å². The lowest BCUT2D eigenvalue weighted by atomic mass is 10.2.